The van der Waals surface area contributed by atoms with Gasteiger partial charge in [0.25, 0.3) is 0 Å². The van der Waals surface area contributed by atoms with E-state index in [4.69, 9.17) is 42.8 Å². The number of amides is 4. The Labute approximate surface area is 368 Å². The lowest BCUT2D eigenvalue weighted by Crippen LogP contribution is -2.49. The molecule has 4 heterocycles. The van der Waals surface area contributed by atoms with E-state index in [-0.39, 0.29) is 23.6 Å². The molecule has 4 aliphatic heterocycles. The van der Waals surface area contributed by atoms with Crippen LogP contribution in [0.4, 0.5) is 0 Å². The molecule has 12 nitrogen and oxygen atoms in total. The van der Waals surface area contributed by atoms with Gasteiger partial charge in [0.15, 0.2) is 11.5 Å². The van der Waals surface area contributed by atoms with E-state index in [1.807, 2.05) is 60.7 Å². The van der Waals surface area contributed by atoms with Crippen LogP contribution in [-0.4, -0.2) is 109 Å². The van der Waals surface area contributed by atoms with E-state index in [0.29, 0.717) is 100.0 Å². The van der Waals surface area contributed by atoms with Gasteiger partial charge in [-0.25, -0.2) is 0 Å². The molecular formula is C46H44Cl2N4O8S. The second-order valence-electron chi connectivity index (χ2n) is 15.1. The van der Waals surface area contributed by atoms with Gasteiger partial charge in [-0.2, -0.15) is 9.78 Å². The van der Waals surface area contributed by atoms with Crippen molar-refractivity contribution in [1.82, 2.24) is 19.6 Å². The van der Waals surface area contributed by atoms with Crippen LogP contribution in [0.15, 0.2) is 82.6 Å². The second-order valence-corrected chi connectivity index (χ2v) is 16.9. The van der Waals surface area contributed by atoms with Crippen LogP contribution in [0.3, 0.4) is 0 Å². The Morgan fingerprint density at radius 3 is 1.34 bits per heavy atom. The van der Waals surface area contributed by atoms with Crippen molar-refractivity contribution in [3.8, 4) is 33.8 Å². The minimum absolute atomic E-state index is 0.00107. The summed E-state index contributed by atoms with van der Waals surface area (Å²) in [4.78, 5) is 80.2. The van der Waals surface area contributed by atoms with E-state index in [9.17, 15) is 19.2 Å². The minimum Gasteiger partial charge on any atom is -0.339 e. The average molecular weight is 884 g/mol. The van der Waals surface area contributed by atoms with Crippen molar-refractivity contribution in [1.29, 1.82) is 0 Å². The first kappa shape index (κ1) is 42.4. The summed E-state index contributed by atoms with van der Waals surface area (Å²) in [7, 11) is 0. The van der Waals surface area contributed by atoms with Crippen molar-refractivity contribution in [2.75, 3.05) is 65.6 Å². The molecule has 0 radical (unpaired) electrons. The zero-order chi connectivity index (χ0) is 42.6. The van der Waals surface area contributed by atoms with Gasteiger partial charge < -0.3 is 29.4 Å². The summed E-state index contributed by atoms with van der Waals surface area (Å²) < 4.78 is 0. The third kappa shape index (κ3) is 9.46. The van der Waals surface area contributed by atoms with Gasteiger partial charge in [-0.1, -0.05) is 59.2 Å². The molecule has 0 aromatic heterocycles. The van der Waals surface area contributed by atoms with E-state index >= 15 is 0 Å². The highest BCUT2D eigenvalue weighted by atomic mass is 35.5. The van der Waals surface area contributed by atoms with E-state index in [2.05, 4.69) is 0 Å². The third-order valence-corrected chi connectivity index (χ3v) is 13.4. The first-order chi connectivity index (χ1) is 29.5. The predicted octanol–water partition coefficient (Wildman–Crippen LogP) is 7.62. The molecule has 0 bridgehead atoms. The van der Waals surface area contributed by atoms with Gasteiger partial charge in [-0.15, -0.1) is 0 Å². The van der Waals surface area contributed by atoms with E-state index in [1.54, 1.807) is 57.8 Å². The number of carbonyl (C=O) groups is 4. The number of halogens is 2. The summed E-state index contributed by atoms with van der Waals surface area (Å²) in [5.41, 5.74) is 6.61. The van der Waals surface area contributed by atoms with Crippen LogP contribution in [0, 0.1) is 0 Å². The highest BCUT2D eigenvalue weighted by Gasteiger charge is 2.25. The molecule has 4 amide bonds. The minimum atomic E-state index is -0.147. The van der Waals surface area contributed by atoms with Crippen LogP contribution in [0.2, 0.25) is 10.0 Å². The van der Waals surface area contributed by atoms with Gasteiger partial charge >= 0.3 is 0 Å². The van der Waals surface area contributed by atoms with Gasteiger partial charge in [-0.3, -0.25) is 19.2 Å². The maximum atomic E-state index is 13.4. The quantitative estimate of drug-likeness (QED) is 0.130. The normalized spacial score (nSPS) is 16.6. The van der Waals surface area contributed by atoms with E-state index in [0.717, 1.165) is 54.3 Å². The fraction of sp³-hybridized carbons (Fsp3) is 0.304. The predicted molar refractivity (Wildman–Crippen MR) is 234 cm³/mol. The molecule has 8 rings (SSSR count). The molecule has 0 N–H and O–H groups in total. The van der Waals surface area contributed by atoms with Gasteiger partial charge in [0.05, 0.1) is 23.3 Å². The van der Waals surface area contributed by atoms with Crippen molar-refractivity contribution in [3.63, 3.8) is 0 Å². The monoisotopic (exact) mass is 882 g/mol. The fourth-order valence-corrected chi connectivity index (χ4v) is 9.52. The summed E-state index contributed by atoms with van der Waals surface area (Å²) >= 11 is 16.2. The van der Waals surface area contributed by atoms with Crippen molar-refractivity contribution in [2.24, 2.45) is 0 Å². The zero-order valence-electron chi connectivity index (χ0n) is 33.8. The molecule has 0 atom stereocenters. The highest BCUT2D eigenvalue weighted by Crippen LogP contribution is 2.47. The zero-order valence-corrected chi connectivity index (χ0v) is 36.1. The first-order valence-corrected chi connectivity index (χ1v) is 21.7. The number of benzene rings is 4. The Kier molecular flexibility index (Phi) is 13.0. The summed E-state index contributed by atoms with van der Waals surface area (Å²) in [5.74, 6) is 0.988. The summed E-state index contributed by atoms with van der Waals surface area (Å²) in [6.07, 6.45) is 8.01. The van der Waals surface area contributed by atoms with Crippen LogP contribution in [0.25, 0.3) is 34.4 Å². The topological polar surface area (TPSA) is 118 Å². The SMILES string of the molecule is CC(=O)N1CCN(C(=O)/C=C/c2ccc(Sc3ccc(/C=C/C(=O)N4CCN(C(C)=O)CC4)c(-c4ccc5c(c4)CCOO5)c3Cl)c(Cl)c2-c2ccc3c(c2)CCOO3)CC1. The lowest BCUT2D eigenvalue weighted by Gasteiger charge is -2.33. The smallest absolute Gasteiger partial charge is 0.246 e. The van der Waals surface area contributed by atoms with Crippen LogP contribution >= 0.6 is 35.0 Å². The molecule has 2 saturated heterocycles. The van der Waals surface area contributed by atoms with Gasteiger partial charge in [0.1, 0.15) is 0 Å². The largest absolute Gasteiger partial charge is 0.339 e. The number of piperazine rings is 2. The number of rotatable bonds is 8. The summed E-state index contributed by atoms with van der Waals surface area (Å²) in [6, 6.07) is 19.4. The molecule has 0 spiro atoms. The van der Waals surface area contributed by atoms with Crippen LogP contribution in [0.1, 0.15) is 36.1 Å². The maximum Gasteiger partial charge on any atom is 0.246 e. The highest BCUT2D eigenvalue weighted by molar-refractivity contribution is 7.99. The second kappa shape index (κ2) is 18.8. The lowest BCUT2D eigenvalue weighted by molar-refractivity contribution is -0.215. The van der Waals surface area contributed by atoms with Crippen LogP contribution < -0.4 is 9.78 Å². The molecule has 4 aromatic rings. The molecule has 0 aliphatic carbocycles. The van der Waals surface area contributed by atoms with Crippen molar-refractivity contribution in [3.05, 3.63) is 105 Å². The Balaban J connectivity index is 1.13. The van der Waals surface area contributed by atoms with Crippen molar-refractivity contribution < 1.29 is 38.7 Å². The Morgan fingerprint density at radius 1 is 0.557 bits per heavy atom. The molecule has 15 heteroatoms. The number of hydrogen-bond donors (Lipinski definition) is 0. The Morgan fingerprint density at radius 2 is 0.951 bits per heavy atom. The molecular weight excluding hydrogens is 839 g/mol. The van der Waals surface area contributed by atoms with Gasteiger partial charge in [0, 0.05) is 123 Å². The Hall–Kier alpha value is -5.31. The van der Waals surface area contributed by atoms with Crippen molar-refractivity contribution >= 4 is 70.7 Å². The number of hydrogen-bond acceptors (Lipinski definition) is 9. The van der Waals surface area contributed by atoms with Crippen LogP contribution in [0.5, 0.6) is 11.5 Å². The number of fused-ring (bicyclic) bond motifs is 2. The fourth-order valence-electron chi connectivity index (χ4n) is 7.84. The lowest BCUT2D eigenvalue weighted by atomic mass is 9.96. The van der Waals surface area contributed by atoms with Gasteiger partial charge in [-0.05, 0) is 70.8 Å². The Bertz CT molecular complexity index is 2280. The molecule has 61 heavy (non-hydrogen) atoms. The van der Waals surface area contributed by atoms with E-state index < -0.39 is 0 Å². The van der Waals surface area contributed by atoms with E-state index in [1.165, 1.54) is 11.8 Å². The molecule has 0 unspecified atom stereocenters. The molecule has 0 saturated carbocycles. The standard InChI is InChI=1S/C46H44Cl2N4O8S/c1-29(53)49-17-21-51(22-18-49)41(55)13-7-31-5-11-39(45(47)43(31)35-3-9-37-33(27-35)15-25-57-59-37)61-40-12-6-32(8-14-42(56)52-23-19-50(20-24-52)30(2)54)44(46(40)48)36-4-10-38-34(28-36)16-26-58-60-38/h3-14,27-28H,15-26H2,1-2H3/b13-7+,14-8+. The average Bonchev–Trinajstić information content (AvgIpc) is 3.28. The molecule has 2 fully saturated rings. The van der Waals surface area contributed by atoms with Crippen molar-refractivity contribution in [2.45, 2.75) is 36.5 Å². The molecule has 4 aromatic carbocycles. The molecule has 4 aliphatic rings. The summed E-state index contributed by atoms with van der Waals surface area (Å²) in [6.45, 7) is 7.73. The number of nitrogens with zero attached hydrogens (tertiary/aromatic N) is 4. The number of carbonyl (C=O) groups excluding carboxylic acids is 4. The first-order valence-electron chi connectivity index (χ1n) is 20.2. The summed E-state index contributed by atoms with van der Waals surface area (Å²) in [5, 5.41) is 0.955. The van der Waals surface area contributed by atoms with Crippen LogP contribution in [-0.2, 0) is 41.8 Å². The molecule has 316 valence electrons. The van der Waals surface area contributed by atoms with Gasteiger partial charge in [0.2, 0.25) is 23.6 Å². The maximum absolute atomic E-state index is 13.4. The third-order valence-electron chi connectivity index (χ3n) is 11.3.